The van der Waals surface area contributed by atoms with E-state index in [4.69, 9.17) is 38.6 Å². The molecule has 0 aliphatic rings. The predicted molar refractivity (Wildman–Crippen MR) is 63.3 cm³/mol. The molecule has 80 valence electrons. The Bertz CT molecular complexity index is 584. The van der Waals surface area contributed by atoms with Gasteiger partial charge in [0.25, 0.3) is 0 Å². The van der Waals surface area contributed by atoms with Crippen molar-refractivity contribution in [3.05, 3.63) is 40.1 Å². The Morgan fingerprint density at radius 2 is 2.00 bits per heavy atom. The van der Waals surface area contributed by atoms with Crippen LogP contribution in [0.2, 0.25) is 10.0 Å². The molecule has 0 aliphatic heterocycles. The topological polar surface area (TPSA) is 63.0 Å². The number of nitrogen functional groups attached to an aromatic ring is 1. The summed E-state index contributed by atoms with van der Waals surface area (Å²) in [6.45, 7) is 0. The van der Waals surface area contributed by atoms with Gasteiger partial charge in [0.05, 0.1) is 5.02 Å². The summed E-state index contributed by atoms with van der Waals surface area (Å²) >= 11 is 11.8. The summed E-state index contributed by atoms with van der Waals surface area (Å²) in [5.41, 5.74) is 7.03. The summed E-state index contributed by atoms with van der Waals surface area (Å²) in [7, 11) is 0. The normalized spacial score (nSPS) is 10.1. The molecule has 2 aromatic rings. The maximum absolute atomic E-state index is 8.94. The van der Waals surface area contributed by atoms with Crippen molar-refractivity contribution in [3.63, 3.8) is 0 Å². The van der Waals surface area contributed by atoms with E-state index in [1.807, 2.05) is 6.07 Å². The Balaban J connectivity index is 2.64. The minimum Gasteiger partial charge on any atom is -0.447 e. The molecule has 0 amide bonds. The average Bonchev–Trinajstić information content (AvgIpc) is 2.59. The van der Waals surface area contributed by atoms with Crippen LogP contribution in [0, 0.1) is 11.3 Å². The highest BCUT2D eigenvalue weighted by atomic mass is 35.5. The van der Waals surface area contributed by atoms with Crippen LogP contribution in [0.1, 0.15) is 5.56 Å². The summed E-state index contributed by atoms with van der Waals surface area (Å²) in [5.74, 6) is 0.0866. The fourth-order valence-corrected chi connectivity index (χ4v) is 1.90. The molecule has 0 spiro atoms. The van der Waals surface area contributed by atoms with E-state index in [9.17, 15) is 0 Å². The summed E-state index contributed by atoms with van der Waals surface area (Å²) in [6, 6.07) is 6.98. The molecule has 0 bridgehead atoms. The zero-order valence-corrected chi connectivity index (χ0v) is 9.51. The van der Waals surface area contributed by atoms with Gasteiger partial charge in [-0.25, -0.2) is 0 Å². The van der Waals surface area contributed by atoms with E-state index in [0.717, 1.165) is 0 Å². The molecule has 1 heterocycles. The SMILES string of the molecule is N#Cc1c(-c2ccc(Cl)cc2Cl)coc1N. The minimum atomic E-state index is 0.0866. The Labute approximate surface area is 102 Å². The Hall–Kier alpha value is -1.63. The Kier molecular flexibility index (Phi) is 2.78. The van der Waals surface area contributed by atoms with Gasteiger partial charge in [-0.15, -0.1) is 0 Å². The molecule has 5 heteroatoms. The van der Waals surface area contributed by atoms with Crippen molar-refractivity contribution < 1.29 is 4.42 Å². The van der Waals surface area contributed by atoms with Crippen molar-refractivity contribution in [3.8, 4) is 17.2 Å². The minimum absolute atomic E-state index is 0.0866. The van der Waals surface area contributed by atoms with Crippen molar-refractivity contribution in [2.75, 3.05) is 5.73 Å². The third-order valence-electron chi connectivity index (χ3n) is 2.15. The van der Waals surface area contributed by atoms with Gasteiger partial charge in [0.15, 0.2) is 0 Å². The van der Waals surface area contributed by atoms with E-state index in [1.165, 1.54) is 6.26 Å². The van der Waals surface area contributed by atoms with Gasteiger partial charge in [-0.2, -0.15) is 5.26 Å². The van der Waals surface area contributed by atoms with Crippen molar-refractivity contribution in [1.29, 1.82) is 5.26 Å². The van der Waals surface area contributed by atoms with Crippen molar-refractivity contribution in [2.24, 2.45) is 0 Å². The first-order chi connectivity index (χ1) is 7.63. The number of benzene rings is 1. The van der Waals surface area contributed by atoms with Crippen LogP contribution in [-0.4, -0.2) is 0 Å². The van der Waals surface area contributed by atoms with Crippen LogP contribution in [0.25, 0.3) is 11.1 Å². The van der Waals surface area contributed by atoms with Gasteiger partial charge in [-0.3, -0.25) is 0 Å². The number of nitrogens with zero attached hydrogens (tertiary/aromatic N) is 1. The van der Waals surface area contributed by atoms with Crippen LogP contribution in [0.3, 0.4) is 0 Å². The van der Waals surface area contributed by atoms with Crippen LogP contribution in [0.15, 0.2) is 28.9 Å². The molecule has 2 rings (SSSR count). The maximum Gasteiger partial charge on any atom is 0.208 e. The molecule has 1 aromatic heterocycles. The van der Waals surface area contributed by atoms with Crippen LogP contribution < -0.4 is 5.73 Å². The van der Waals surface area contributed by atoms with Gasteiger partial charge in [0.1, 0.15) is 17.9 Å². The largest absolute Gasteiger partial charge is 0.447 e. The molecule has 3 nitrogen and oxygen atoms in total. The van der Waals surface area contributed by atoms with Crippen LogP contribution in [0.5, 0.6) is 0 Å². The van der Waals surface area contributed by atoms with Crippen LogP contribution in [-0.2, 0) is 0 Å². The highest BCUT2D eigenvalue weighted by Gasteiger charge is 2.15. The summed E-state index contributed by atoms with van der Waals surface area (Å²) < 4.78 is 4.99. The maximum atomic E-state index is 8.94. The van der Waals surface area contributed by atoms with E-state index in [-0.39, 0.29) is 11.4 Å². The van der Waals surface area contributed by atoms with Gasteiger partial charge in [0.2, 0.25) is 5.88 Å². The first kappa shape index (κ1) is 10.9. The lowest BCUT2D eigenvalue weighted by molar-refractivity contribution is 0.588. The first-order valence-corrected chi connectivity index (χ1v) is 5.11. The van der Waals surface area contributed by atoms with E-state index in [1.54, 1.807) is 18.2 Å². The number of nitrogens with two attached hydrogens (primary N) is 1. The highest BCUT2D eigenvalue weighted by Crippen LogP contribution is 2.35. The van der Waals surface area contributed by atoms with E-state index in [2.05, 4.69) is 0 Å². The monoisotopic (exact) mass is 252 g/mol. The van der Waals surface area contributed by atoms with Gasteiger partial charge >= 0.3 is 0 Å². The van der Waals surface area contributed by atoms with E-state index < -0.39 is 0 Å². The number of hydrogen-bond acceptors (Lipinski definition) is 3. The van der Waals surface area contributed by atoms with E-state index >= 15 is 0 Å². The Morgan fingerprint density at radius 1 is 1.25 bits per heavy atom. The first-order valence-electron chi connectivity index (χ1n) is 4.36. The fraction of sp³-hybridized carbons (Fsp3) is 0. The van der Waals surface area contributed by atoms with Crippen LogP contribution >= 0.6 is 23.2 Å². The molecule has 0 radical (unpaired) electrons. The second-order valence-corrected chi connectivity index (χ2v) is 3.97. The van der Waals surface area contributed by atoms with Crippen molar-refractivity contribution >= 4 is 29.1 Å². The number of anilines is 1. The van der Waals surface area contributed by atoms with Gasteiger partial charge in [-0.1, -0.05) is 29.3 Å². The molecule has 0 fully saturated rings. The average molecular weight is 253 g/mol. The molecule has 1 aromatic carbocycles. The number of halogens is 2. The quantitative estimate of drug-likeness (QED) is 0.842. The summed E-state index contributed by atoms with van der Waals surface area (Å²) in [5, 5.41) is 9.92. The van der Waals surface area contributed by atoms with Crippen molar-refractivity contribution in [1.82, 2.24) is 0 Å². The lowest BCUT2D eigenvalue weighted by Crippen LogP contribution is -1.86. The molecular formula is C11H6Cl2N2O. The molecular weight excluding hydrogens is 247 g/mol. The zero-order valence-electron chi connectivity index (χ0n) is 8.00. The molecule has 0 aliphatic carbocycles. The third-order valence-corrected chi connectivity index (χ3v) is 2.70. The number of hydrogen-bond donors (Lipinski definition) is 1. The van der Waals surface area contributed by atoms with Gasteiger partial charge in [-0.05, 0) is 12.1 Å². The second-order valence-electron chi connectivity index (χ2n) is 3.12. The molecule has 0 saturated carbocycles. The second kappa shape index (κ2) is 4.09. The van der Waals surface area contributed by atoms with Crippen molar-refractivity contribution in [2.45, 2.75) is 0 Å². The van der Waals surface area contributed by atoms with Crippen LogP contribution in [0.4, 0.5) is 5.88 Å². The summed E-state index contributed by atoms with van der Waals surface area (Å²) in [6.07, 6.45) is 1.41. The number of rotatable bonds is 1. The third kappa shape index (κ3) is 1.73. The molecule has 0 atom stereocenters. The lowest BCUT2D eigenvalue weighted by Gasteiger charge is -2.01. The highest BCUT2D eigenvalue weighted by molar-refractivity contribution is 6.36. The molecule has 16 heavy (non-hydrogen) atoms. The molecule has 0 saturated heterocycles. The standard InChI is InChI=1S/C11H6Cl2N2O/c12-6-1-2-7(10(13)3-6)9-5-16-11(15)8(9)4-14/h1-3,5H,15H2. The predicted octanol–water partition coefficient (Wildman–Crippen LogP) is 3.71. The zero-order chi connectivity index (χ0) is 11.7. The molecule has 2 N–H and O–H groups in total. The Morgan fingerprint density at radius 3 is 2.62 bits per heavy atom. The smallest absolute Gasteiger partial charge is 0.208 e. The van der Waals surface area contributed by atoms with Gasteiger partial charge in [0, 0.05) is 16.1 Å². The van der Waals surface area contributed by atoms with Gasteiger partial charge < -0.3 is 10.2 Å². The number of furan rings is 1. The summed E-state index contributed by atoms with van der Waals surface area (Å²) in [4.78, 5) is 0. The van der Waals surface area contributed by atoms with E-state index in [0.29, 0.717) is 21.2 Å². The lowest BCUT2D eigenvalue weighted by atomic mass is 10.1. The number of nitriles is 1. The molecule has 0 unspecified atom stereocenters. The fourth-order valence-electron chi connectivity index (χ4n) is 1.39.